The lowest BCUT2D eigenvalue weighted by molar-refractivity contribution is -0.136. The first-order valence-electron chi connectivity index (χ1n) is 10.4. The Morgan fingerprint density at radius 3 is 2.03 bits per heavy atom. The number of aliphatic hydroxyl groups is 1. The van der Waals surface area contributed by atoms with Crippen molar-refractivity contribution < 1.29 is 23.0 Å². The van der Waals surface area contributed by atoms with Gasteiger partial charge in [0.15, 0.2) is 0 Å². The maximum Gasteiger partial charge on any atom is 0.268 e. The molecule has 7 heteroatoms. The van der Waals surface area contributed by atoms with E-state index in [0.29, 0.717) is 10.9 Å². The molecule has 1 N–H and O–H groups in total. The van der Waals surface area contributed by atoms with Gasteiger partial charge in [0, 0.05) is 19.6 Å². The number of ether oxygens (including phenoxy) is 2. The van der Waals surface area contributed by atoms with Gasteiger partial charge in [0.05, 0.1) is 16.1 Å². The standard InChI is InChI=1S/C26H23NO5S/c1-31-26(32-2)15-13-25(28,14-16-26)24-18-21-9-5-6-10-23(21)27(24)33(29,30)22-12-11-19-7-3-4-8-20(19)17-22/h3-18,28H,1-2H3. The van der Waals surface area contributed by atoms with Crippen LogP contribution in [0.25, 0.3) is 21.7 Å². The Morgan fingerprint density at radius 2 is 1.36 bits per heavy atom. The molecule has 6 nitrogen and oxygen atoms in total. The van der Waals surface area contributed by atoms with Gasteiger partial charge in [0.2, 0.25) is 5.79 Å². The zero-order chi connectivity index (χ0) is 23.3. The first-order chi connectivity index (χ1) is 15.8. The maximum atomic E-state index is 14.0. The van der Waals surface area contributed by atoms with Crippen molar-refractivity contribution in [1.82, 2.24) is 3.97 Å². The number of aromatic nitrogens is 1. The maximum absolute atomic E-state index is 14.0. The van der Waals surface area contributed by atoms with Gasteiger partial charge in [-0.05, 0) is 59.3 Å². The second-order valence-corrected chi connectivity index (χ2v) is 9.78. The number of benzene rings is 3. The van der Waals surface area contributed by atoms with Crippen LogP contribution in [0.4, 0.5) is 0 Å². The molecule has 168 valence electrons. The number of methoxy groups -OCH3 is 2. The zero-order valence-corrected chi connectivity index (χ0v) is 19.0. The molecule has 33 heavy (non-hydrogen) atoms. The number of para-hydroxylation sites is 1. The minimum atomic E-state index is -4.05. The summed E-state index contributed by atoms with van der Waals surface area (Å²) < 4.78 is 39.9. The highest BCUT2D eigenvalue weighted by Gasteiger charge is 2.38. The Morgan fingerprint density at radius 1 is 0.758 bits per heavy atom. The van der Waals surface area contributed by atoms with E-state index in [1.807, 2.05) is 36.4 Å². The predicted octanol–water partition coefficient (Wildman–Crippen LogP) is 4.33. The molecule has 0 bridgehead atoms. The Kier molecular flexibility index (Phi) is 5.02. The molecule has 0 atom stereocenters. The molecule has 1 aliphatic carbocycles. The average Bonchev–Trinajstić information content (AvgIpc) is 3.26. The number of fused-ring (bicyclic) bond motifs is 2. The second kappa shape index (κ2) is 7.67. The van der Waals surface area contributed by atoms with Crippen LogP contribution >= 0.6 is 0 Å². The Balaban J connectivity index is 1.73. The molecule has 1 aromatic heterocycles. The molecule has 4 aromatic rings. The first-order valence-corrected chi connectivity index (χ1v) is 11.8. The van der Waals surface area contributed by atoms with Crippen molar-refractivity contribution >= 4 is 31.7 Å². The number of hydrogen-bond donors (Lipinski definition) is 1. The van der Waals surface area contributed by atoms with Crippen molar-refractivity contribution in [2.24, 2.45) is 0 Å². The van der Waals surface area contributed by atoms with E-state index >= 15 is 0 Å². The monoisotopic (exact) mass is 461 g/mol. The summed E-state index contributed by atoms with van der Waals surface area (Å²) in [6.07, 6.45) is 6.11. The largest absolute Gasteiger partial charge is 0.376 e. The minimum absolute atomic E-state index is 0.138. The van der Waals surface area contributed by atoms with Gasteiger partial charge in [-0.3, -0.25) is 0 Å². The van der Waals surface area contributed by atoms with Crippen molar-refractivity contribution in [2.45, 2.75) is 16.3 Å². The molecule has 0 radical (unpaired) electrons. The highest BCUT2D eigenvalue weighted by molar-refractivity contribution is 7.90. The predicted molar refractivity (Wildman–Crippen MR) is 127 cm³/mol. The summed E-state index contributed by atoms with van der Waals surface area (Å²) in [5, 5.41) is 14.0. The van der Waals surface area contributed by atoms with E-state index in [4.69, 9.17) is 9.47 Å². The van der Waals surface area contributed by atoms with E-state index in [0.717, 1.165) is 10.8 Å². The summed E-state index contributed by atoms with van der Waals surface area (Å²) in [6.45, 7) is 0. The molecular weight excluding hydrogens is 438 g/mol. The van der Waals surface area contributed by atoms with Crippen LogP contribution in [0, 0.1) is 0 Å². The van der Waals surface area contributed by atoms with E-state index in [9.17, 15) is 13.5 Å². The topological polar surface area (TPSA) is 77.8 Å². The Labute approximate surface area is 192 Å². The van der Waals surface area contributed by atoms with Gasteiger partial charge in [-0.2, -0.15) is 0 Å². The molecule has 0 saturated carbocycles. The van der Waals surface area contributed by atoms with Crippen molar-refractivity contribution in [2.75, 3.05) is 14.2 Å². The summed E-state index contributed by atoms with van der Waals surface area (Å²) in [5.74, 6) is -1.12. The van der Waals surface area contributed by atoms with Crippen LogP contribution in [-0.2, 0) is 25.1 Å². The van der Waals surface area contributed by atoms with Gasteiger partial charge < -0.3 is 14.6 Å². The van der Waals surface area contributed by atoms with Crippen LogP contribution in [-0.4, -0.2) is 37.5 Å². The fourth-order valence-corrected chi connectivity index (χ4v) is 5.83. The third-order valence-electron chi connectivity index (χ3n) is 6.11. The van der Waals surface area contributed by atoms with E-state index in [1.54, 1.807) is 48.6 Å². The molecule has 0 saturated heterocycles. The molecule has 1 aliphatic rings. The van der Waals surface area contributed by atoms with Crippen LogP contribution in [0.2, 0.25) is 0 Å². The van der Waals surface area contributed by atoms with Crippen LogP contribution in [0.1, 0.15) is 5.69 Å². The third kappa shape index (κ3) is 3.41. The van der Waals surface area contributed by atoms with Gasteiger partial charge in [0.25, 0.3) is 10.0 Å². The summed E-state index contributed by atoms with van der Waals surface area (Å²) in [4.78, 5) is 0.138. The van der Waals surface area contributed by atoms with E-state index in [-0.39, 0.29) is 10.6 Å². The van der Waals surface area contributed by atoms with Gasteiger partial charge >= 0.3 is 0 Å². The van der Waals surface area contributed by atoms with Crippen LogP contribution in [0.5, 0.6) is 0 Å². The summed E-state index contributed by atoms with van der Waals surface area (Å²) in [5.41, 5.74) is -1.01. The molecule has 0 amide bonds. The lowest BCUT2D eigenvalue weighted by atomic mass is 9.92. The highest BCUT2D eigenvalue weighted by Crippen LogP contribution is 2.37. The quantitative estimate of drug-likeness (QED) is 0.354. The highest BCUT2D eigenvalue weighted by atomic mass is 32.2. The molecule has 1 heterocycles. The smallest absolute Gasteiger partial charge is 0.268 e. The van der Waals surface area contributed by atoms with Gasteiger partial charge in [-0.25, -0.2) is 12.4 Å². The van der Waals surface area contributed by atoms with Gasteiger partial charge in [-0.1, -0.05) is 48.5 Å². The van der Waals surface area contributed by atoms with Crippen molar-refractivity contribution in [3.8, 4) is 0 Å². The minimum Gasteiger partial charge on any atom is -0.376 e. The SMILES string of the molecule is COC1(OC)C=CC(O)(c2cc3ccccc3n2S(=O)(=O)c2ccc3ccccc3c2)C=C1. The number of nitrogens with zero attached hydrogens (tertiary/aromatic N) is 1. The number of hydrogen-bond acceptors (Lipinski definition) is 5. The van der Waals surface area contributed by atoms with E-state index in [1.165, 1.54) is 30.3 Å². The molecule has 5 rings (SSSR count). The van der Waals surface area contributed by atoms with E-state index in [2.05, 4.69) is 0 Å². The lowest BCUT2D eigenvalue weighted by Gasteiger charge is -2.32. The molecule has 0 unspecified atom stereocenters. The lowest BCUT2D eigenvalue weighted by Crippen LogP contribution is -2.36. The number of rotatable bonds is 5. The fraction of sp³-hybridized carbons (Fsp3) is 0.154. The third-order valence-corrected chi connectivity index (χ3v) is 7.84. The summed E-state index contributed by atoms with van der Waals surface area (Å²) >= 11 is 0. The molecule has 0 fully saturated rings. The summed E-state index contributed by atoms with van der Waals surface area (Å²) in [6, 6.07) is 21.5. The molecule has 0 aliphatic heterocycles. The van der Waals surface area contributed by atoms with Crippen molar-refractivity contribution in [3.63, 3.8) is 0 Å². The average molecular weight is 462 g/mol. The van der Waals surface area contributed by atoms with E-state index < -0.39 is 21.4 Å². The van der Waals surface area contributed by atoms with Crippen molar-refractivity contribution in [1.29, 1.82) is 0 Å². The van der Waals surface area contributed by atoms with Gasteiger partial charge in [-0.15, -0.1) is 0 Å². The molecule has 3 aromatic carbocycles. The molecular formula is C26H23NO5S. The Bertz CT molecular complexity index is 1510. The van der Waals surface area contributed by atoms with Crippen LogP contribution < -0.4 is 0 Å². The van der Waals surface area contributed by atoms with Crippen LogP contribution in [0.15, 0.2) is 102 Å². The van der Waals surface area contributed by atoms with Crippen molar-refractivity contribution in [3.05, 3.63) is 103 Å². The fourth-order valence-electron chi connectivity index (χ4n) is 4.22. The van der Waals surface area contributed by atoms with Crippen LogP contribution in [0.3, 0.4) is 0 Å². The summed E-state index contributed by atoms with van der Waals surface area (Å²) in [7, 11) is -1.07. The zero-order valence-electron chi connectivity index (χ0n) is 18.2. The second-order valence-electron chi connectivity index (χ2n) is 7.99. The van der Waals surface area contributed by atoms with Gasteiger partial charge in [0.1, 0.15) is 5.60 Å². The first kappa shape index (κ1) is 21.6. The Hall–Kier alpha value is -3.23. The molecule has 0 spiro atoms. The normalized spacial score (nSPS) is 17.1.